The SMILES string of the molecule is CC(C)C1CC(=O)N(CCN2CCNCC2)C1. The van der Waals surface area contributed by atoms with E-state index in [-0.39, 0.29) is 0 Å². The average molecular weight is 239 g/mol. The second kappa shape index (κ2) is 5.83. The number of likely N-dealkylation sites (tertiary alicyclic amines) is 1. The first-order valence-electron chi connectivity index (χ1n) is 6.87. The van der Waals surface area contributed by atoms with Crippen LogP contribution < -0.4 is 5.32 Å². The van der Waals surface area contributed by atoms with Gasteiger partial charge in [-0.1, -0.05) is 13.8 Å². The summed E-state index contributed by atoms with van der Waals surface area (Å²) in [5, 5.41) is 3.35. The molecule has 4 nitrogen and oxygen atoms in total. The third kappa shape index (κ3) is 3.42. The van der Waals surface area contributed by atoms with E-state index >= 15 is 0 Å². The van der Waals surface area contributed by atoms with Gasteiger partial charge in [0.05, 0.1) is 0 Å². The first kappa shape index (κ1) is 12.8. The number of piperazine rings is 1. The summed E-state index contributed by atoms with van der Waals surface area (Å²) < 4.78 is 0. The summed E-state index contributed by atoms with van der Waals surface area (Å²) in [5.41, 5.74) is 0. The maximum Gasteiger partial charge on any atom is 0.222 e. The first-order valence-corrected chi connectivity index (χ1v) is 6.87. The molecule has 0 aromatic rings. The molecule has 1 amide bonds. The minimum atomic E-state index is 0.360. The van der Waals surface area contributed by atoms with E-state index < -0.39 is 0 Å². The van der Waals surface area contributed by atoms with Gasteiger partial charge in [0.15, 0.2) is 0 Å². The van der Waals surface area contributed by atoms with Crippen LogP contribution in [-0.2, 0) is 4.79 Å². The second-order valence-electron chi connectivity index (χ2n) is 5.64. The lowest BCUT2D eigenvalue weighted by atomic mass is 9.95. The number of hydrogen-bond acceptors (Lipinski definition) is 3. The molecule has 1 unspecified atom stereocenters. The Hall–Kier alpha value is -0.610. The van der Waals surface area contributed by atoms with Gasteiger partial charge >= 0.3 is 0 Å². The standard InChI is InChI=1S/C13H25N3O/c1-11(2)12-9-13(17)16(10-12)8-7-15-5-3-14-4-6-15/h11-12,14H,3-10H2,1-2H3. The number of carbonyl (C=O) groups is 1. The Morgan fingerprint density at radius 1 is 1.29 bits per heavy atom. The number of rotatable bonds is 4. The van der Waals surface area contributed by atoms with Crippen molar-refractivity contribution < 1.29 is 4.79 Å². The summed E-state index contributed by atoms with van der Waals surface area (Å²) in [6.07, 6.45) is 0.763. The van der Waals surface area contributed by atoms with Crippen molar-refractivity contribution in [2.24, 2.45) is 11.8 Å². The van der Waals surface area contributed by atoms with Crippen LogP contribution in [0, 0.1) is 11.8 Å². The molecule has 0 aromatic carbocycles. The molecule has 1 N–H and O–H groups in total. The number of hydrogen-bond donors (Lipinski definition) is 1. The zero-order valence-corrected chi connectivity index (χ0v) is 11.1. The summed E-state index contributed by atoms with van der Waals surface area (Å²) in [6.45, 7) is 11.8. The molecule has 0 spiro atoms. The topological polar surface area (TPSA) is 35.6 Å². The van der Waals surface area contributed by atoms with Crippen LogP contribution in [0.2, 0.25) is 0 Å². The van der Waals surface area contributed by atoms with Crippen molar-refractivity contribution >= 4 is 5.91 Å². The van der Waals surface area contributed by atoms with Crippen molar-refractivity contribution in [3.05, 3.63) is 0 Å². The van der Waals surface area contributed by atoms with Gasteiger partial charge in [-0.05, 0) is 11.8 Å². The predicted octanol–water partition coefficient (Wildman–Crippen LogP) is 0.396. The van der Waals surface area contributed by atoms with Crippen molar-refractivity contribution in [2.75, 3.05) is 45.8 Å². The molecule has 0 aliphatic carbocycles. The molecule has 0 bridgehead atoms. The number of nitrogens with one attached hydrogen (secondary N) is 1. The fourth-order valence-corrected chi connectivity index (χ4v) is 2.66. The van der Waals surface area contributed by atoms with Crippen LogP contribution in [0.5, 0.6) is 0 Å². The molecule has 2 aliphatic rings. The lowest BCUT2D eigenvalue weighted by molar-refractivity contribution is -0.127. The van der Waals surface area contributed by atoms with Crippen molar-refractivity contribution in [3.8, 4) is 0 Å². The lowest BCUT2D eigenvalue weighted by Crippen LogP contribution is -2.46. The van der Waals surface area contributed by atoms with Crippen molar-refractivity contribution in [2.45, 2.75) is 20.3 Å². The fraction of sp³-hybridized carbons (Fsp3) is 0.923. The predicted molar refractivity (Wildman–Crippen MR) is 68.8 cm³/mol. The van der Waals surface area contributed by atoms with E-state index in [9.17, 15) is 4.79 Å². The van der Waals surface area contributed by atoms with Crippen LogP contribution >= 0.6 is 0 Å². The second-order valence-corrected chi connectivity index (χ2v) is 5.64. The monoisotopic (exact) mass is 239 g/mol. The molecular weight excluding hydrogens is 214 g/mol. The summed E-state index contributed by atoms with van der Waals surface area (Å²) >= 11 is 0. The van der Waals surface area contributed by atoms with Crippen LogP contribution in [0.1, 0.15) is 20.3 Å². The Morgan fingerprint density at radius 2 is 2.00 bits per heavy atom. The van der Waals surface area contributed by atoms with Gasteiger partial charge in [0.1, 0.15) is 0 Å². The molecule has 17 heavy (non-hydrogen) atoms. The smallest absolute Gasteiger partial charge is 0.222 e. The highest BCUT2D eigenvalue weighted by Gasteiger charge is 2.31. The Bertz CT molecular complexity index is 261. The Morgan fingerprint density at radius 3 is 2.59 bits per heavy atom. The molecule has 0 aromatic heterocycles. The van der Waals surface area contributed by atoms with Crippen LogP contribution in [0.15, 0.2) is 0 Å². The van der Waals surface area contributed by atoms with Crippen molar-refractivity contribution in [1.29, 1.82) is 0 Å². The molecule has 2 saturated heterocycles. The number of amides is 1. The molecule has 0 saturated carbocycles. The van der Waals surface area contributed by atoms with E-state index in [2.05, 4.69) is 29.0 Å². The van der Waals surface area contributed by atoms with Crippen LogP contribution in [0.3, 0.4) is 0 Å². The van der Waals surface area contributed by atoms with Gasteiger partial charge in [-0.15, -0.1) is 0 Å². The van der Waals surface area contributed by atoms with E-state index in [4.69, 9.17) is 0 Å². The maximum atomic E-state index is 11.9. The molecular formula is C13H25N3O. The summed E-state index contributed by atoms with van der Waals surface area (Å²) in [7, 11) is 0. The highest BCUT2D eigenvalue weighted by atomic mass is 16.2. The highest BCUT2D eigenvalue weighted by Crippen LogP contribution is 2.24. The van der Waals surface area contributed by atoms with Gasteiger partial charge < -0.3 is 10.2 Å². The molecule has 2 heterocycles. The normalized spacial score (nSPS) is 27.1. The summed E-state index contributed by atoms with van der Waals surface area (Å²) in [6, 6.07) is 0. The number of nitrogens with zero attached hydrogens (tertiary/aromatic N) is 2. The van der Waals surface area contributed by atoms with E-state index in [0.717, 1.165) is 52.2 Å². The molecule has 2 rings (SSSR count). The third-order valence-electron chi connectivity index (χ3n) is 4.08. The minimum Gasteiger partial charge on any atom is -0.341 e. The van der Waals surface area contributed by atoms with Crippen molar-refractivity contribution in [1.82, 2.24) is 15.1 Å². The van der Waals surface area contributed by atoms with E-state index in [1.54, 1.807) is 0 Å². The first-order chi connectivity index (χ1) is 8.16. The van der Waals surface area contributed by atoms with Gasteiger partial charge in [-0.3, -0.25) is 9.69 Å². The molecule has 2 fully saturated rings. The van der Waals surface area contributed by atoms with Gasteiger partial charge in [0.2, 0.25) is 5.91 Å². The maximum absolute atomic E-state index is 11.9. The zero-order valence-electron chi connectivity index (χ0n) is 11.1. The Balaban J connectivity index is 1.73. The van der Waals surface area contributed by atoms with Crippen LogP contribution in [0.25, 0.3) is 0 Å². The quantitative estimate of drug-likeness (QED) is 0.771. The van der Waals surface area contributed by atoms with Crippen molar-refractivity contribution in [3.63, 3.8) is 0 Å². The summed E-state index contributed by atoms with van der Waals surface area (Å²) in [5.74, 6) is 1.56. The highest BCUT2D eigenvalue weighted by molar-refractivity contribution is 5.78. The molecule has 4 heteroatoms. The van der Waals surface area contributed by atoms with E-state index in [1.807, 2.05) is 0 Å². The molecule has 2 aliphatic heterocycles. The average Bonchev–Trinajstić information content (AvgIpc) is 2.70. The summed E-state index contributed by atoms with van der Waals surface area (Å²) in [4.78, 5) is 16.4. The molecule has 0 radical (unpaired) electrons. The van der Waals surface area contributed by atoms with Crippen LogP contribution in [0.4, 0.5) is 0 Å². The van der Waals surface area contributed by atoms with Crippen LogP contribution in [-0.4, -0.2) is 61.5 Å². The zero-order chi connectivity index (χ0) is 12.3. The van der Waals surface area contributed by atoms with Gasteiger partial charge in [-0.2, -0.15) is 0 Å². The minimum absolute atomic E-state index is 0.360. The number of carbonyl (C=O) groups excluding carboxylic acids is 1. The molecule has 1 atom stereocenters. The Labute approximate surface area is 104 Å². The fourth-order valence-electron chi connectivity index (χ4n) is 2.66. The largest absolute Gasteiger partial charge is 0.341 e. The van der Waals surface area contributed by atoms with E-state index in [0.29, 0.717) is 17.7 Å². The van der Waals surface area contributed by atoms with Gasteiger partial charge in [-0.25, -0.2) is 0 Å². The van der Waals surface area contributed by atoms with Gasteiger partial charge in [0.25, 0.3) is 0 Å². The lowest BCUT2D eigenvalue weighted by Gasteiger charge is -2.29. The molecule has 98 valence electrons. The Kier molecular flexibility index (Phi) is 4.40. The van der Waals surface area contributed by atoms with E-state index in [1.165, 1.54) is 0 Å². The van der Waals surface area contributed by atoms with Gasteiger partial charge in [0, 0.05) is 52.2 Å². The third-order valence-corrected chi connectivity index (χ3v) is 4.08.